The molecule has 15 heavy (non-hydrogen) atoms. The lowest BCUT2D eigenvalue weighted by atomic mass is 10.3. The minimum Gasteiger partial charge on any atom is -0.437 e. The lowest BCUT2D eigenvalue weighted by Crippen LogP contribution is -2.05. The van der Waals surface area contributed by atoms with Crippen molar-refractivity contribution < 1.29 is 9.21 Å². The van der Waals surface area contributed by atoms with E-state index in [-0.39, 0.29) is 0 Å². The van der Waals surface area contributed by atoms with Crippen LogP contribution in [0.4, 0.5) is 0 Å². The van der Waals surface area contributed by atoms with Crippen molar-refractivity contribution >= 4 is 34.7 Å². The van der Waals surface area contributed by atoms with E-state index in [4.69, 9.17) is 21.8 Å². The van der Waals surface area contributed by atoms with Gasteiger partial charge in [-0.25, -0.2) is 4.98 Å². The Morgan fingerprint density at radius 1 is 1.53 bits per heavy atom. The first kappa shape index (κ1) is 9.73. The number of primary amides is 1. The molecule has 1 aromatic carbocycles. The summed E-state index contributed by atoms with van der Waals surface area (Å²) in [7, 11) is 0. The number of oxazole rings is 1. The molecule has 0 radical (unpaired) electrons. The van der Waals surface area contributed by atoms with Crippen LogP contribution < -0.4 is 5.73 Å². The summed E-state index contributed by atoms with van der Waals surface area (Å²) in [5.41, 5.74) is 6.20. The van der Waals surface area contributed by atoms with Crippen molar-refractivity contribution in [3.05, 3.63) is 35.2 Å². The van der Waals surface area contributed by atoms with Gasteiger partial charge in [-0.1, -0.05) is 11.6 Å². The highest BCUT2D eigenvalue weighted by Crippen LogP contribution is 2.20. The molecule has 0 unspecified atom stereocenters. The van der Waals surface area contributed by atoms with Gasteiger partial charge in [0.2, 0.25) is 11.8 Å². The van der Waals surface area contributed by atoms with Crippen LogP contribution >= 0.6 is 11.6 Å². The Labute approximate surface area is 90.3 Å². The maximum Gasteiger partial charge on any atom is 0.241 e. The number of amides is 1. The molecule has 1 amide bonds. The molecular formula is C10H7ClN2O2. The maximum absolute atomic E-state index is 10.5. The summed E-state index contributed by atoms with van der Waals surface area (Å²) in [6.07, 6.45) is 2.60. The van der Waals surface area contributed by atoms with Crippen molar-refractivity contribution in [2.45, 2.75) is 0 Å². The van der Waals surface area contributed by atoms with Crippen LogP contribution in [0.5, 0.6) is 0 Å². The van der Waals surface area contributed by atoms with Crippen LogP contribution in [-0.4, -0.2) is 10.9 Å². The molecule has 0 saturated heterocycles. The number of fused-ring (bicyclic) bond motifs is 1. The third-order valence-corrected chi connectivity index (χ3v) is 1.99. The van der Waals surface area contributed by atoms with E-state index in [2.05, 4.69) is 4.98 Å². The smallest absolute Gasteiger partial charge is 0.241 e. The Kier molecular flexibility index (Phi) is 2.43. The van der Waals surface area contributed by atoms with Crippen LogP contribution in [0.2, 0.25) is 5.02 Å². The number of carbonyl (C=O) groups is 1. The zero-order valence-corrected chi connectivity index (χ0v) is 8.36. The van der Waals surface area contributed by atoms with E-state index in [1.54, 1.807) is 18.2 Å². The van der Waals surface area contributed by atoms with Crippen molar-refractivity contribution in [3.8, 4) is 0 Å². The summed E-state index contributed by atoms with van der Waals surface area (Å²) in [5, 5.41) is 0.584. The minimum absolute atomic E-state index is 0.325. The Morgan fingerprint density at radius 2 is 2.33 bits per heavy atom. The Bertz CT molecular complexity index is 545. The summed E-state index contributed by atoms with van der Waals surface area (Å²) in [6.45, 7) is 0. The lowest BCUT2D eigenvalue weighted by molar-refractivity contribution is -0.113. The minimum atomic E-state index is -0.546. The average Bonchev–Trinajstić information content (AvgIpc) is 2.56. The molecule has 0 saturated carbocycles. The largest absolute Gasteiger partial charge is 0.437 e. The van der Waals surface area contributed by atoms with E-state index in [0.29, 0.717) is 22.0 Å². The number of nitrogens with zero attached hydrogens (tertiary/aromatic N) is 1. The van der Waals surface area contributed by atoms with E-state index in [0.717, 1.165) is 0 Å². The van der Waals surface area contributed by atoms with Gasteiger partial charge in [-0.3, -0.25) is 4.79 Å². The molecule has 4 nitrogen and oxygen atoms in total. The van der Waals surface area contributed by atoms with Gasteiger partial charge < -0.3 is 10.2 Å². The first-order valence-electron chi connectivity index (χ1n) is 4.19. The second-order valence-corrected chi connectivity index (χ2v) is 3.34. The van der Waals surface area contributed by atoms with Gasteiger partial charge in [0.15, 0.2) is 5.58 Å². The molecule has 0 aliphatic rings. The highest BCUT2D eigenvalue weighted by atomic mass is 35.5. The lowest BCUT2D eigenvalue weighted by Gasteiger charge is -1.85. The van der Waals surface area contributed by atoms with Crippen LogP contribution in [0.3, 0.4) is 0 Å². The molecule has 0 aliphatic carbocycles. The fraction of sp³-hybridized carbons (Fsp3) is 0. The fourth-order valence-electron chi connectivity index (χ4n) is 1.14. The van der Waals surface area contributed by atoms with Gasteiger partial charge in [0.1, 0.15) is 5.52 Å². The molecule has 2 rings (SSSR count). The van der Waals surface area contributed by atoms with E-state index >= 15 is 0 Å². The summed E-state index contributed by atoms with van der Waals surface area (Å²) >= 11 is 5.78. The molecule has 2 aromatic rings. The summed E-state index contributed by atoms with van der Waals surface area (Å²) in [6, 6.07) is 5.10. The first-order chi connectivity index (χ1) is 7.15. The summed E-state index contributed by atoms with van der Waals surface area (Å²) in [5.74, 6) is -0.221. The zero-order chi connectivity index (χ0) is 10.8. The van der Waals surface area contributed by atoms with Gasteiger partial charge in [-0.2, -0.15) is 0 Å². The molecule has 0 aliphatic heterocycles. The predicted molar refractivity (Wildman–Crippen MR) is 57.2 cm³/mol. The van der Waals surface area contributed by atoms with Crippen LogP contribution in [-0.2, 0) is 4.79 Å². The number of halogens is 1. The molecule has 5 heteroatoms. The predicted octanol–water partition coefficient (Wildman–Crippen LogP) is 1.98. The van der Waals surface area contributed by atoms with E-state index in [1.807, 2.05) is 0 Å². The van der Waals surface area contributed by atoms with E-state index in [9.17, 15) is 4.79 Å². The molecular weight excluding hydrogens is 216 g/mol. The Hall–Kier alpha value is -1.81. The quantitative estimate of drug-likeness (QED) is 0.790. The topological polar surface area (TPSA) is 69.1 Å². The van der Waals surface area contributed by atoms with E-state index < -0.39 is 5.91 Å². The monoisotopic (exact) mass is 222 g/mol. The van der Waals surface area contributed by atoms with Crippen molar-refractivity contribution in [2.24, 2.45) is 5.73 Å². The van der Waals surface area contributed by atoms with Gasteiger partial charge in [0, 0.05) is 17.2 Å². The van der Waals surface area contributed by atoms with Crippen molar-refractivity contribution in [1.82, 2.24) is 4.98 Å². The summed E-state index contributed by atoms with van der Waals surface area (Å²) < 4.78 is 5.31. The van der Waals surface area contributed by atoms with Gasteiger partial charge in [0.05, 0.1) is 0 Å². The highest BCUT2D eigenvalue weighted by molar-refractivity contribution is 6.31. The van der Waals surface area contributed by atoms with Crippen molar-refractivity contribution in [3.63, 3.8) is 0 Å². The van der Waals surface area contributed by atoms with Gasteiger partial charge in [-0.15, -0.1) is 0 Å². The Morgan fingerprint density at radius 3 is 3.07 bits per heavy atom. The number of nitrogens with two attached hydrogens (primary N) is 1. The number of hydrogen-bond acceptors (Lipinski definition) is 3. The third kappa shape index (κ3) is 2.16. The zero-order valence-electron chi connectivity index (χ0n) is 7.61. The van der Waals surface area contributed by atoms with Crippen LogP contribution in [0, 0.1) is 0 Å². The fourth-order valence-corrected chi connectivity index (χ4v) is 1.31. The molecule has 0 fully saturated rings. The summed E-state index contributed by atoms with van der Waals surface area (Å²) in [4.78, 5) is 14.6. The number of benzene rings is 1. The Balaban J connectivity index is 2.43. The number of rotatable bonds is 2. The van der Waals surface area contributed by atoms with Crippen molar-refractivity contribution in [1.29, 1.82) is 0 Å². The van der Waals surface area contributed by atoms with E-state index in [1.165, 1.54) is 12.2 Å². The molecule has 1 heterocycles. The third-order valence-electron chi connectivity index (χ3n) is 1.76. The number of aromatic nitrogens is 1. The van der Waals surface area contributed by atoms with Crippen molar-refractivity contribution in [2.75, 3.05) is 0 Å². The molecule has 0 spiro atoms. The molecule has 0 bridgehead atoms. The van der Waals surface area contributed by atoms with Crippen LogP contribution in [0.1, 0.15) is 5.89 Å². The second-order valence-electron chi connectivity index (χ2n) is 2.90. The van der Waals surface area contributed by atoms with Gasteiger partial charge in [-0.05, 0) is 18.2 Å². The highest BCUT2D eigenvalue weighted by Gasteiger charge is 2.03. The standard InChI is InChI=1S/C10H7ClN2O2/c11-6-1-2-8-7(5-6)13-10(15-8)4-3-9(12)14/h1-5H,(H2,12,14)/b4-3+. The molecule has 76 valence electrons. The SMILES string of the molecule is NC(=O)/C=C/c1nc2cc(Cl)ccc2o1. The second kappa shape index (κ2) is 3.74. The van der Waals surface area contributed by atoms with Crippen LogP contribution in [0.25, 0.3) is 17.2 Å². The molecule has 0 atom stereocenters. The normalized spacial score (nSPS) is 11.3. The molecule has 2 N–H and O–H groups in total. The van der Waals surface area contributed by atoms with Crippen LogP contribution in [0.15, 0.2) is 28.7 Å². The first-order valence-corrected chi connectivity index (χ1v) is 4.56. The van der Waals surface area contributed by atoms with Gasteiger partial charge >= 0.3 is 0 Å². The number of carbonyl (C=O) groups excluding carboxylic acids is 1. The van der Waals surface area contributed by atoms with Gasteiger partial charge in [0.25, 0.3) is 0 Å². The molecule has 1 aromatic heterocycles. The number of hydrogen-bond donors (Lipinski definition) is 1. The average molecular weight is 223 g/mol. The maximum atomic E-state index is 10.5.